The van der Waals surface area contributed by atoms with Crippen molar-refractivity contribution in [3.63, 3.8) is 0 Å². The molecule has 2 amide bonds. The second kappa shape index (κ2) is 7.99. The van der Waals surface area contributed by atoms with Gasteiger partial charge in [0, 0.05) is 12.6 Å². The Morgan fingerprint density at radius 3 is 2.41 bits per heavy atom. The number of ether oxygens (including phenoxy) is 2. The van der Waals surface area contributed by atoms with Crippen molar-refractivity contribution < 1.29 is 29.0 Å². The number of hydrogen-bond acceptors (Lipinski definition) is 6. The lowest BCUT2D eigenvalue weighted by Crippen LogP contribution is -2.60. The summed E-state index contributed by atoms with van der Waals surface area (Å²) in [5.74, 6) is -2.89. The molecule has 0 aromatic heterocycles. The minimum atomic E-state index is -1.30. The number of carbonyl (C=O) groups excluding carboxylic acids is 3. The van der Waals surface area contributed by atoms with Crippen molar-refractivity contribution in [3.8, 4) is 0 Å². The molecular formula is C24H34N2O6. The van der Waals surface area contributed by atoms with Crippen LogP contribution in [0.1, 0.15) is 41.0 Å². The number of aliphatic hydroxyl groups is 1. The fourth-order valence-corrected chi connectivity index (χ4v) is 5.99. The van der Waals surface area contributed by atoms with Gasteiger partial charge < -0.3 is 24.4 Å². The summed E-state index contributed by atoms with van der Waals surface area (Å²) in [7, 11) is 0. The van der Waals surface area contributed by atoms with E-state index in [0.717, 1.165) is 0 Å². The number of amides is 2. The Labute approximate surface area is 189 Å². The van der Waals surface area contributed by atoms with Crippen LogP contribution in [-0.4, -0.2) is 81.8 Å². The van der Waals surface area contributed by atoms with Gasteiger partial charge in [0.1, 0.15) is 29.8 Å². The van der Waals surface area contributed by atoms with E-state index in [1.165, 1.54) is 4.90 Å². The van der Waals surface area contributed by atoms with Crippen molar-refractivity contribution in [1.29, 1.82) is 0 Å². The van der Waals surface area contributed by atoms with Crippen molar-refractivity contribution in [1.82, 2.24) is 9.80 Å². The molecule has 8 nitrogen and oxygen atoms in total. The monoisotopic (exact) mass is 446 g/mol. The van der Waals surface area contributed by atoms with Crippen LogP contribution in [0, 0.1) is 17.8 Å². The van der Waals surface area contributed by atoms with E-state index in [1.807, 2.05) is 52.8 Å². The lowest BCUT2D eigenvalue weighted by molar-refractivity contribution is -0.162. The second-order valence-corrected chi connectivity index (χ2v) is 9.88. The van der Waals surface area contributed by atoms with E-state index in [4.69, 9.17) is 9.47 Å². The summed E-state index contributed by atoms with van der Waals surface area (Å²) in [5.41, 5.74) is -2.33. The molecule has 0 aromatic rings. The van der Waals surface area contributed by atoms with Crippen LogP contribution < -0.4 is 0 Å². The van der Waals surface area contributed by atoms with E-state index >= 15 is 0 Å². The summed E-state index contributed by atoms with van der Waals surface area (Å²) in [6.45, 7) is 9.83. The van der Waals surface area contributed by atoms with Gasteiger partial charge in [-0.05, 0) is 32.3 Å². The van der Waals surface area contributed by atoms with Gasteiger partial charge in [-0.1, -0.05) is 39.0 Å². The number of esters is 1. The van der Waals surface area contributed by atoms with Crippen molar-refractivity contribution in [2.24, 2.45) is 17.8 Å². The molecule has 0 radical (unpaired) electrons. The number of nitrogens with zero attached hydrogens (tertiary/aromatic N) is 2. The Morgan fingerprint density at radius 2 is 1.81 bits per heavy atom. The third-order valence-corrected chi connectivity index (χ3v) is 7.60. The highest BCUT2D eigenvalue weighted by Crippen LogP contribution is 2.58. The van der Waals surface area contributed by atoms with Crippen molar-refractivity contribution in [2.45, 2.75) is 70.4 Å². The molecule has 4 aliphatic rings. The number of hydrogen-bond donors (Lipinski definition) is 1. The van der Waals surface area contributed by atoms with Crippen LogP contribution in [0.25, 0.3) is 0 Å². The summed E-state index contributed by atoms with van der Waals surface area (Å²) in [5, 5.41) is 10.2. The van der Waals surface area contributed by atoms with Gasteiger partial charge in [0.25, 0.3) is 0 Å². The smallest absolute Gasteiger partial charge is 0.313 e. The van der Waals surface area contributed by atoms with Crippen LogP contribution in [0.5, 0.6) is 0 Å². The van der Waals surface area contributed by atoms with Gasteiger partial charge in [0.2, 0.25) is 11.8 Å². The Kier molecular flexibility index (Phi) is 5.74. The molecule has 4 heterocycles. The Bertz CT molecular complexity index is 867. The van der Waals surface area contributed by atoms with Gasteiger partial charge >= 0.3 is 5.97 Å². The molecule has 6 atom stereocenters. The van der Waals surface area contributed by atoms with E-state index in [0.29, 0.717) is 13.0 Å². The lowest BCUT2D eigenvalue weighted by Gasteiger charge is -2.42. The second-order valence-electron chi connectivity index (χ2n) is 9.88. The van der Waals surface area contributed by atoms with Gasteiger partial charge in [-0.15, -0.1) is 0 Å². The molecule has 1 spiro atoms. The number of rotatable bonds is 5. The molecule has 0 aromatic carbocycles. The van der Waals surface area contributed by atoms with E-state index in [9.17, 15) is 19.5 Å². The van der Waals surface area contributed by atoms with Crippen LogP contribution in [0.2, 0.25) is 0 Å². The maximum Gasteiger partial charge on any atom is 0.313 e. The van der Waals surface area contributed by atoms with Crippen LogP contribution in [0.4, 0.5) is 0 Å². The summed E-state index contributed by atoms with van der Waals surface area (Å²) >= 11 is 0. The van der Waals surface area contributed by atoms with E-state index in [1.54, 1.807) is 11.0 Å². The molecule has 0 saturated carbocycles. The first-order chi connectivity index (χ1) is 15.1. The predicted octanol–water partition coefficient (Wildman–Crippen LogP) is 1.28. The summed E-state index contributed by atoms with van der Waals surface area (Å²) < 4.78 is 12.2. The number of carbonyl (C=O) groups is 3. The van der Waals surface area contributed by atoms with Gasteiger partial charge in [0.05, 0.1) is 18.6 Å². The van der Waals surface area contributed by atoms with E-state index in [-0.39, 0.29) is 37.0 Å². The molecule has 0 bridgehead atoms. The molecule has 176 valence electrons. The number of fused-ring (bicyclic) bond motifs is 2. The topological polar surface area (TPSA) is 96.4 Å². The summed E-state index contributed by atoms with van der Waals surface area (Å²) in [4.78, 5) is 44.4. The van der Waals surface area contributed by atoms with Gasteiger partial charge in [-0.25, -0.2) is 0 Å². The first-order valence-corrected chi connectivity index (χ1v) is 11.6. The molecule has 1 N–H and O–H groups in total. The third kappa shape index (κ3) is 2.99. The summed E-state index contributed by atoms with van der Waals surface area (Å²) in [6.07, 6.45) is 7.74. The van der Waals surface area contributed by atoms with Gasteiger partial charge in [-0.2, -0.15) is 0 Å². The highest BCUT2D eigenvalue weighted by molar-refractivity contribution is 5.99. The molecule has 4 aliphatic heterocycles. The SMILES string of the molecule is CC[C@]12C=CCOC(=O)[C@H]1[C@H]1C(=O)N([C@@H](CO)C(C)C)C3C(=O)N(C(C)C)CC=C[C@@]31O2. The maximum absolute atomic E-state index is 14.1. The average Bonchev–Trinajstić information content (AvgIpc) is 3.01. The lowest BCUT2D eigenvalue weighted by atomic mass is 9.73. The standard InChI is InChI=1S/C24H34N2O6/c1-6-23-9-8-12-31-22(30)18(23)17-20(28)26(16(13-27)14(2)3)19-21(29)25(15(4)5)11-7-10-24(17,19)32-23/h7-10,14-19,27H,6,11-13H2,1-5H3/t16-,17-,18+,19?,23-,24-/m0/s1. The van der Waals surface area contributed by atoms with Crippen molar-refractivity contribution in [3.05, 3.63) is 24.3 Å². The van der Waals surface area contributed by atoms with E-state index in [2.05, 4.69) is 0 Å². The molecule has 2 fully saturated rings. The zero-order valence-corrected chi connectivity index (χ0v) is 19.5. The van der Waals surface area contributed by atoms with Gasteiger partial charge in [0.15, 0.2) is 0 Å². The molecule has 1 unspecified atom stereocenters. The molecule has 8 heteroatoms. The summed E-state index contributed by atoms with van der Waals surface area (Å²) in [6, 6.07) is -1.62. The molecule has 4 rings (SSSR count). The zero-order chi connectivity index (χ0) is 23.4. The Morgan fingerprint density at radius 1 is 1.09 bits per heavy atom. The number of cyclic esters (lactones) is 1. The Balaban J connectivity index is 1.95. The highest BCUT2D eigenvalue weighted by atomic mass is 16.6. The normalized spacial score (nSPS) is 37.4. The largest absolute Gasteiger partial charge is 0.461 e. The molecular weight excluding hydrogens is 412 g/mol. The minimum absolute atomic E-state index is 0.0817. The first-order valence-electron chi connectivity index (χ1n) is 11.6. The zero-order valence-electron chi connectivity index (χ0n) is 19.5. The first kappa shape index (κ1) is 23.0. The van der Waals surface area contributed by atoms with E-state index < -0.39 is 41.1 Å². The fraction of sp³-hybridized carbons (Fsp3) is 0.708. The van der Waals surface area contributed by atoms with Crippen LogP contribution >= 0.6 is 0 Å². The van der Waals surface area contributed by atoms with Gasteiger partial charge in [-0.3, -0.25) is 14.4 Å². The predicted molar refractivity (Wildman–Crippen MR) is 116 cm³/mol. The number of likely N-dealkylation sites (tertiary alicyclic amines) is 1. The molecule has 0 aliphatic carbocycles. The average molecular weight is 447 g/mol. The highest BCUT2D eigenvalue weighted by Gasteiger charge is 2.76. The quantitative estimate of drug-likeness (QED) is 0.505. The Hall–Kier alpha value is -2.19. The maximum atomic E-state index is 14.1. The van der Waals surface area contributed by atoms with Crippen LogP contribution in [0.15, 0.2) is 24.3 Å². The molecule has 32 heavy (non-hydrogen) atoms. The van der Waals surface area contributed by atoms with Crippen LogP contribution in [0.3, 0.4) is 0 Å². The van der Waals surface area contributed by atoms with Crippen molar-refractivity contribution >= 4 is 17.8 Å². The minimum Gasteiger partial charge on any atom is -0.461 e. The third-order valence-electron chi connectivity index (χ3n) is 7.60. The van der Waals surface area contributed by atoms with Crippen molar-refractivity contribution in [2.75, 3.05) is 19.8 Å². The fourth-order valence-electron chi connectivity index (χ4n) is 5.99. The molecule has 2 saturated heterocycles. The number of aliphatic hydroxyl groups excluding tert-OH is 1. The van der Waals surface area contributed by atoms with Crippen LogP contribution in [-0.2, 0) is 23.9 Å².